The van der Waals surface area contributed by atoms with Crippen LogP contribution in [0.3, 0.4) is 0 Å². The van der Waals surface area contributed by atoms with E-state index < -0.39 is 11.4 Å². The summed E-state index contributed by atoms with van der Waals surface area (Å²) in [6, 6.07) is 13.9. The molecule has 1 heterocycles. The van der Waals surface area contributed by atoms with Crippen LogP contribution in [0.5, 0.6) is 0 Å². The maximum absolute atomic E-state index is 13.4. The lowest BCUT2D eigenvalue weighted by Gasteiger charge is -2.49. The molecule has 2 aromatic carbocycles. The van der Waals surface area contributed by atoms with Gasteiger partial charge in [0.2, 0.25) is 0 Å². The summed E-state index contributed by atoms with van der Waals surface area (Å²) in [7, 11) is 1.78. The Labute approximate surface area is 184 Å². The van der Waals surface area contributed by atoms with E-state index in [1.807, 2.05) is 30.3 Å². The number of carbonyl (C=O) groups is 1. The number of hydrogen-bond donors (Lipinski definition) is 2. The van der Waals surface area contributed by atoms with Crippen LogP contribution in [0.15, 0.2) is 54.9 Å². The van der Waals surface area contributed by atoms with Gasteiger partial charge in [0.15, 0.2) is 0 Å². The van der Waals surface area contributed by atoms with Gasteiger partial charge in [-0.15, -0.1) is 0 Å². The number of aryl methyl sites for hydroxylation is 1. The van der Waals surface area contributed by atoms with Crippen molar-refractivity contribution in [1.82, 2.24) is 9.55 Å². The van der Waals surface area contributed by atoms with Crippen molar-refractivity contribution in [1.29, 1.82) is 0 Å². The first-order valence-electron chi connectivity index (χ1n) is 10.4. The fourth-order valence-electron chi connectivity index (χ4n) is 5.40. The molecule has 0 saturated heterocycles. The van der Waals surface area contributed by atoms with E-state index in [1.54, 1.807) is 17.9 Å². The maximum atomic E-state index is 13.4. The highest BCUT2D eigenvalue weighted by Gasteiger charge is 2.58. The smallest absolute Gasteiger partial charge is 0.274 e. The SMILES string of the molecule is Cn1cnc(C2CC3CC(O)(c4ccccc4)C3C2)c1C(=O)Nc1ccc(F)c(Cl)c1. The van der Waals surface area contributed by atoms with E-state index in [1.165, 1.54) is 18.2 Å². The number of benzene rings is 2. The normalized spacial score (nSPS) is 26.9. The van der Waals surface area contributed by atoms with Crippen LogP contribution in [0.25, 0.3) is 0 Å². The molecule has 2 N–H and O–H groups in total. The highest BCUT2D eigenvalue weighted by atomic mass is 35.5. The van der Waals surface area contributed by atoms with Crippen molar-refractivity contribution >= 4 is 23.2 Å². The highest BCUT2D eigenvalue weighted by molar-refractivity contribution is 6.31. The molecule has 2 fully saturated rings. The number of rotatable bonds is 4. The molecule has 2 aliphatic carbocycles. The standard InChI is InChI=1S/C24H23ClFN3O2/c1-29-13-27-21(22(29)23(30)28-17-7-8-20(26)19(25)11-17)14-9-15-12-24(31,18(15)10-14)16-5-3-2-4-6-16/h2-8,11,13-15,18,31H,9-10,12H2,1H3,(H,28,30). The number of carbonyl (C=O) groups excluding carboxylic acids is 1. The van der Waals surface area contributed by atoms with Crippen LogP contribution in [0.4, 0.5) is 10.1 Å². The Hall–Kier alpha value is -2.70. The first kappa shape index (κ1) is 20.2. The Morgan fingerprint density at radius 2 is 2.03 bits per heavy atom. The minimum absolute atomic E-state index is 0.0457. The summed E-state index contributed by atoms with van der Waals surface area (Å²) in [4.78, 5) is 17.6. The molecule has 0 spiro atoms. The molecule has 1 amide bonds. The van der Waals surface area contributed by atoms with Crippen molar-refractivity contribution in [3.05, 3.63) is 82.6 Å². The van der Waals surface area contributed by atoms with Crippen molar-refractivity contribution in [2.75, 3.05) is 5.32 Å². The Morgan fingerprint density at radius 3 is 2.77 bits per heavy atom. The lowest BCUT2D eigenvalue weighted by Crippen LogP contribution is -2.48. The molecule has 31 heavy (non-hydrogen) atoms. The molecular weight excluding hydrogens is 417 g/mol. The lowest BCUT2D eigenvalue weighted by atomic mass is 9.60. The zero-order valence-corrected chi connectivity index (χ0v) is 17.8. The van der Waals surface area contributed by atoms with Gasteiger partial charge in [0.25, 0.3) is 5.91 Å². The van der Waals surface area contributed by atoms with Crippen molar-refractivity contribution in [2.45, 2.75) is 30.8 Å². The third-order valence-corrected chi connectivity index (χ3v) is 7.19. The number of imidazole rings is 1. The Morgan fingerprint density at radius 1 is 1.26 bits per heavy atom. The Balaban J connectivity index is 1.37. The Bertz CT molecular complexity index is 1150. The molecule has 5 rings (SSSR count). The predicted molar refractivity (Wildman–Crippen MR) is 116 cm³/mol. The molecule has 1 aromatic heterocycles. The molecule has 5 nitrogen and oxygen atoms in total. The zero-order chi connectivity index (χ0) is 21.8. The number of hydrogen-bond acceptors (Lipinski definition) is 3. The summed E-state index contributed by atoms with van der Waals surface area (Å²) in [5.41, 5.74) is 1.81. The molecule has 3 aromatic rings. The number of nitrogens with zero attached hydrogens (tertiary/aromatic N) is 2. The molecule has 160 valence electrons. The molecule has 2 saturated carbocycles. The van der Waals surface area contributed by atoms with E-state index in [4.69, 9.17) is 11.6 Å². The number of amides is 1. The second-order valence-electron chi connectivity index (χ2n) is 8.70. The number of aliphatic hydroxyl groups is 1. The zero-order valence-electron chi connectivity index (χ0n) is 17.1. The van der Waals surface area contributed by atoms with E-state index in [-0.39, 0.29) is 22.8 Å². The Kier molecular flexibility index (Phi) is 4.87. The molecule has 0 aliphatic heterocycles. The molecule has 4 atom stereocenters. The number of halogens is 2. The average Bonchev–Trinajstić information content (AvgIpc) is 3.31. The predicted octanol–water partition coefficient (Wildman–Crippen LogP) is 4.87. The fourth-order valence-corrected chi connectivity index (χ4v) is 5.58. The van der Waals surface area contributed by atoms with Gasteiger partial charge in [-0.1, -0.05) is 41.9 Å². The van der Waals surface area contributed by atoms with E-state index in [9.17, 15) is 14.3 Å². The van der Waals surface area contributed by atoms with E-state index >= 15 is 0 Å². The van der Waals surface area contributed by atoms with Gasteiger partial charge in [-0.05, 0) is 54.9 Å². The first-order chi connectivity index (χ1) is 14.9. The summed E-state index contributed by atoms with van der Waals surface area (Å²) in [6.45, 7) is 0. The second kappa shape index (κ2) is 7.46. The van der Waals surface area contributed by atoms with Crippen molar-refractivity contribution in [3.63, 3.8) is 0 Å². The van der Waals surface area contributed by atoms with Gasteiger partial charge in [-0.25, -0.2) is 9.37 Å². The van der Waals surface area contributed by atoms with Crippen LogP contribution in [-0.2, 0) is 12.6 Å². The number of aromatic nitrogens is 2. The molecule has 2 aliphatic rings. The molecular formula is C24H23ClFN3O2. The number of nitrogens with one attached hydrogen (secondary N) is 1. The average molecular weight is 440 g/mol. The van der Waals surface area contributed by atoms with Crippen LogP contribution in [0.2, 0.25) is 5.02 Å². The summed E-state index contributed by atoms with van der Waals surface area (Å²) < 4.78 is 15.1. The largest absolute Gasteiger partial charge is 0.385 e. The molecule has 7 heteroatoms. The summed E-state index contributed by atoms with van der Waals surface area (Å²) >= 11 is 5.84. The fraction of sp³-hybridized carbons (Fsp3) is 0.333. The van der Waals surface area contributed by atoms with Crippen molar-refractivity contribution in [2.24, 2.45) is 18.9 Å². The molecule has 4 unspecified atom stereocenters. The van der Waals surface area contributed by atoms with E-state index in [0.717, 1.165) is 30.5 Å². The topological polar surface area (TPSA) is 67.1 Å². The first-order valence-corrected chi connectivity index (χ1v) is 10.8. The van der Waals surface area contributed by atoms with Crippen molar-refractivity contribution < 1.29 is 14.3 Å². The molecule has 0 bridgehead atoms. The van der Waals surface area contributed by atoms with Crippen LogP contribution < -0.4 is 5.32 Å². The van der Waals surface area contributed by atoms with Gasteiger partial charge in [0.1, 0.15) is 11.5 Å². The van der Waals surface area contributed by atoms with Crippen molar-refractivity contribution in [3.8, 4) is 0 Å². The lowest BCUT2D eigenvalue weighted by molar-refractivity contribution is -0.132. The van der Waals surface area contributed by atoms with Crippen LogP contribution in [-0.4, -0.2) is 20.6 Å². The second-order valence-corrected chi connectivity index (χ2v) is 9.11. The van der Waals surface area contributed by atoms with Gasteiger partial charge in [0.05, 0.1) is 22.6 Å². The number of fused-ring (bicyclic) bond motifs is 1. The summed E-state index contributed by atoms with van der Waals surface area (Å²) in [5.74, 6) is -0.160. The maximum Gasteiger partial charge on any atom is 0.274 e. The number of anilines is 1. The van der Waals surface area contributed by atoms with Gasteiger partial charge >= 0.3 is 0 Å². The van der Waals surface area contributed by atoms with Gasteiger partial charge in [0, 0.05) is 18.7 Å². The van der Waals surface area contributed by atoms with Crippen LogP contribution in [0.1, 0.15) is 46.9 Å². The summed E-state index contributed by atoms with van der Waals surface area (Å²) in [6.07, 6.45) is 4.07. The minimum Gasteiger partial charge on any atom is -0.385 e. The monoisotopic (exact) mass is 439 g/mol. The quantitative estimate of drug-likeness (QED) is 0.609. The van der Waals surface area contributed by atoms with Crippen LogP contribution in [0, 0.1) is 17.7 Å². The third-order valence-electron chi connectivity index (χ3n) is 6.90. The van der Waals surface area contributed by atoms with E-state index in [2.05, 4.69) is 10.3 Å². The summed E-state index contributed by atoms with van der Waals surface area (Å²) in [5, 5.41) is 14.0. The van der Waals surface area contributed by atoms with Gasteiger partial charge in [-0.3, -0.25) is 4.79 Å². The van der Waals surface area contributed by atoms with Gasteiger partial charge in [-0.2, -0.15) is 0 Å². The van der Waals surface area contributed by atoms with Gasteiger partial charge < -0.3 is 15.0 Å². The highest BCUT2D eigenvalue weighted by Crippen LogP contribution is 2.62. The van der Waals surface area contributed by atoms with E-state index in [0.29, 0.717) is 17.3 Å². The minimum atomic E-state index is -0.803. The van der Waals surface area contributed by atoms with Crippen LogP contribution >= 0.6 is 11.6 Å². The molecule has 0 radical (unpaired) electrons. The third kappa shape index (κ3) is 3.34.